The predicted molar refractivity (Wildman–Crippen MR) is 113 cm³/mol. The summed E-state index contributed by atoms with van der Waals surface area (Å²) in [6.07, 6.45) is 2.39. The number of piperidine rings is 1. The van der Waals surface area contributed by atoms with Gasteiger partial charge in [0.15, 0.2) is 0 Å². The van der Waals surface area contributed by atoms with Crippen molar-refractivity contribution in [3.8, 4) is 11.1 Å². The standard InChI is InChI=1S/C25H26N2/c1-27-17-15-25(16-18-27)22-13-7-8-14-23(22)26-24(25)21-12-6-5-11-20(21)19-9-3-2-4-10-19/h2-14,24,26H,15-18H2,1H3. The Morgan fingerprint density at radius 1 is 0.815 bits per heavy atom. The average molecular weight is 354 g/mol. The van der Waals surface area contributed by atoms with E-state index < -0.39 is 0 Å². The third kappa shape index (κ3) is 2.67. The molecule has 0 aromatic heterocycles. The minimum absolute atomic E-state index is 0.175. The maximum atomic E-state index is 3.92. The molecular weight excluding hydrogens is 328 g/mol. The second-order valence-corrected chi connectivity index (χ2v) is 8.04. The first-order valence-electron chi connectivity index (χ1n) is 9.97. The molecule has 136 valence electrons. The first-order chi connectivity index (χ1) is 13.3. The Balaban J connectivity index is 1.66. The van der Waals surface area contributed by atoms with Crippen LogP contribution in [0.25, 0.3) is 11.1 Å². The molecule has 0 radical (unpaired) electrons. The van der Waals surface area contributed by atoms with Gasteiger partial charge < -0.3 is 10.2 Å². The van der Waals surface area contributed by atoms with Crippen molar-refractivity contribution in [2.75, 3.05) is 25.5 Å². The van der Waals surface area contributed by atoms with E-state index >= 15 is 0 Å². The molecule has 3 aromatic rings. The summed E-state index contributed by atoms with van der Waals surface area (Å²) in [5.74, 6) is 0. The van der Waals surface area contributed by atoms with E-state index in [0.29, 0.717) is 6.04 Å². The number of rotatable bonds is 2. The monoisotopic (exact) mass is 354 g/mol. The van der Waals surface area contributed by atoms with Crippen LogP contribution in [0.1, 0.15) is 30.0 Å². The summed E-state index contributed by atoms with van der Waals surface area (Å²) in [5.41, 5.74) is 7.06. The zero-order valence-corrected chi connectivity index (χ0v) is 15.9. The van der Waals surface area contributed by atoms with Gasteiger partial charge in [-0.15, -0.1) is 0 Å². The van der Waals surface area contributed by atoms with Crippen LogP contribution in [0.15, 0.2) is 78.9 Å². The number of nitrogens with one attached hydrogen (secondary N) is 1. The smallest absolute Gasteiger partial charge is 0.0618 e. The molecule has 27 heavy (non-hydrogen) atoms. The number of benzene rings is 3. The quantitative estimate of drug-likeness (QED) is 0.655. The first kappa shape index (κ1) is 16.6. The summed E-state index contributed by atoms with van der Waals surface area (Å²) in [4.78, 5) is 2.46. The van der Waals surface area contributed by atoms with Crippen molar-refractivity contribution in [1.82, 2.24) is 4.90 Å². The summed E-state index contributed by atoms with van der Waals surface area (Å²) in [7, 11) is 2.24. The van der Waals surface area contributed by atoms with E-state index in [-0.39, 0.29) is 5.41 Å². The SMILES string of the molecule is CN1CCC2(CC1)c1ccccc1NC2c1ccccc1-c1ccccc1. The number of anilines is 1. The zero-order chi connectivity index (χ0) is 18.3. The minimum atomic E-state index is 0.175. The molecule has 2 nitrogen and oxygen atoms in total. The Morgan fingerprint density at radius 2 is 1.48 bits per heavy atom. The van der Waals surface area contributed by atoms with Gasteiger partial charge in [-0.05, 0) is 61.3 Å². The molecule has 0 aliphatic carbocycles. The predicted octanol–water partition coefficient (Wildman–Crippen LogP) is 5.48. The van der Waals surface area contributed by atoms with Gasteiger partial charge in [0.1, 0.15) is 0 Å². The molecule has 1 fully saturated rings. The second kappa shape index (κ2) is 6.54. The van der Waals surface area contributed by atoms with Gasteiger partial charge in [-0.3, -0.25) is 0 Å². The van der Waals surface area contributed by atoms with Gasteiger partial charge in [0.05, 0.1) is 6.04 Å². The van der Waals surface area contributed by atoms with Crippen LogP contribution < -0.4 is 5.32 Å². The number of para-hydroxylation sites is 1. The molecule has 2 heteroatoms. The fourth-order valence-corrected chi connectivity index (χ4v) is 5.07. The molecule has 3 aromatic carbocycles. The van der Waals surface area contributed by atoms with E-state index in [1.165, 1.54) is 40.8 Å². The van der Waals surface area contributed by atoms with Crippen molar-refractivity contribution in [3.63, 3.8) is 0 Å². The van der Waals surface area contributed by atoms with Crippen molar-refractivity contribution in [3.05, 3.63) is 90.0 Å². The highest BCUT2D eigenvalue weighted by molar-refractivity contribution is 5.72. The van der Waals surface area contributed by atoms with E-state index in [0.717, 1.165) is 13.1 Å². The van der Waals surface area contributed by atoms with Crippen LogP contribution in [0.3, 0.4) is 0 Å². The minimum Gasteiger partial charge on any atom is -0.377 e. The van der Waals surface area contributed by atoms with Crippen molar-refractivity contribution >= 4 is 5.69 Å². The molecule has 1 spiro atoms. The Hall–Kier alpha value is -2.58. The van der Waals surface area contributed by atoms with E-state index in [9.17, 15) is 0 Å². The number of likely N-dealkylation sites (tertiary alicyclic amines) is 1. The number of fused-ring (bicyclic) bond motifs is 2. The number of hydrogen-bond donors (Lipinski definition) is 1. The molecule has 1 saturated heterocycles. The van der Waals surface area contributed by atoms with Crippen LogP contribution in [0.4, 0.5) is 5.69 Å². The molecule has 1 atom stereocenters. The number of nitrogens with zero attached hydrogens (tertiary/aromatic N) is 1. The van der Waals surface area contributed by atoms with Crippen molar-refractivity contribution in [2.24, 2.45) is 0 Å². The van der Waals surface area contributed by atoms with Crippen LogP contribution >= 0.6 is 0 Å². The van der Waals surface area contributed by atoms with Crippen LogP contribution in [0, 0.1) is 0 Å². The fraction of sp³-hybridized carbons (Fsp3) is 0.280. The normalized spacial score (nSPS) is 21.0. The molecule has 0 amide bonds. The Labute approximate surface area is 161 Å². The molecule has 1 unspecified atom stereocenters. The zero-order valence-electron chi connectivity index (χ0n) is 15.9. The third-order valence-electron chi connectivity index (χ3n) is 6.55. The van der Waals surface area contributed by atoms with Crippen LogP contribution in [0.5, 0.6) is 0 Å². The maximum absolute atomic E-state index is 3.92. The van der Waals surface area contributed by atoms with E-state index in [2.05, 4.69) is 96.1 Å². The first-order valence-corrected chi connectivity index (χ1v) is 9.97. The second-order valence-electron chi connectivity index (χ2n) is 8.04. The lowest BCUT2D eigenvalue weighted by atomic mass is 9.67. The van der Waals surface area contributed by atoms with Gasteiger partial charge in [0.2, 0.25) is 0 Å². The van der Waals surface area contributed by atoms with E-state index in [4.69, 9.17) is 0 Å². The molecule has 0 bridgehead atoms. The molecular formula is C25H26N2. The summed E-state index contributed by atoms with van der Waals surface area (Å²) in [6.45, 7) is 2.31. The topological polar surface area (TPSA) is 15.3 Å². The van der Waals surface area contributed by atoms with Gasteiger partial charge in [-0.1, -0.05) is 72.8 Å². The molecule has 2 aliphatic rings. The largest absolute Gasteiger partial charge is 0.377 e. The molecule has 2 heterocycles. The fourth-order valence-electron chi connectivity index (χ4n) is 5.07. The van der Waals surface area contributed by atoms with Crippen molar-refractivity contribution in [1.29, 1.82) is 0 Å². The number of hydrogen-bond acceptors (Lipinski definition) is 2. The lowest BCUT2D eigenvalue weighted by Crippen LogP contribution is -2.43. The highest BCUT2D eigenvalue weighted by atomic mass is 15.1. The highest BCUT2D eigenvalue weighted by Gasteiger charge is 2.49. The van der Waals surface area contributed by atoms with Crippen LogP contribution in [-0.2, 0) is 5.41 Å². The maximum Gasteiger partial charge on any atom is 0.0618 e. The van der Waals surface area contributed by atoms with Gasteiger partial charge in [-0.25, -0.2) is 0 Å². The van der Waals surface area contributed by atoms with Crippen molar-refractivity contribution in [2.45, 2.75) is 24.3 Å². The molecule has 2 aliphatic heterocycles. The summed E-state index contributed by atoms with van der Waals surface area (Å²) in [6, 6.07) is 29.0. The van der Waals surface area contributed by atoms with E-state index in [1.54, 1.807) is 0 Å². The van der Waals surface area contributed by atoms with Gasteiger partial charge in [0, 0.05) is 11.1 Å². The molecule has 1 N–H and O–H groups in total. The van der Waals surface area contributed by atoms with E-state index in [1.807, 2.05) is 0 Å². The lowest BCUT2D eigenvalue weighted by Gasteiger charge is -2.43. The Kier molecular flexibility index (Phi) is 4.02. The molecule has 5 rings (SSSR count). The lowest BCUT2D eigenvalue weighted by molar-refractivity contribution is 0.176. The van der Waals surface area contributed by atoms with Gasteiger partial charge in [-0.2, -0.15) is 0 Å². The third-order valence-corrected chi connectivity index (χ3v) is 6.55. The van der Waals surface area contributed by atoms with Crippen LogP contribution in [0.2, 0.25) is 0 Å². The highest BCUT2D eigenvalue weighted by Crippen LogP contribution is 2.55. The van der Waals surface area contributed by atoms with Gasteiger partial charge >= 0.3 is 0 Å². The Morgan fingerprint density at radius 3 is 2.30 bits per heavy atom. The van der Waals surface area contributed by atoms with Crippen LogP contribution in [-0.4, -0.2) is 25.0 Å². The Bertz CT molecular complexity index is 939. The summed E-state index contributed by atoms with van der Waals surface area (Å²) in [5, 5.41) is 3.92. The molecule has 0 saturated carbocycles. The van der Waals surface area contributed by atoms with Gasteiger partial charge in [0.25, 0.3) is 0 Å². The van der Waals surface area contributed by atoms with Crippen molar-refractivity contribution < 1.29 is 0 Å². The summed E-state index contributed by atoms with van der Waals surface area (Å²) >= 11 is 0. The summed E-state index contributed by atoms with van der Waals surface area (Å²) < 4.78 is 0. The average Bonchev–Trinajstić information content (AvgIpc) is 3.05.